The Labute approximate surface area is 225 Å². The number of anilines is 2. The number of hydrogen-bond acceptors (Lipinski definition) is 9. The van der Waals surface area contributed by atoms with Gasteiger partial charge < -0.3 is 14.5 Å². The monoisotopic (exact) mass is 530 g/mol. The van der Waals surface area contributed by atoms with Crippen molar-refractivity contribution in [3.05, 3.63) is 40.2 Å². The molecular formula is C27H42N6OS2. The van der Waals surface area contributed by atoms with Gasteiger partial charge in [-0.2, -0.15) is 0 Å². The van der Waals surface area contributed by atoms with Crippen molar-refractivity contribution in [3.63, 3.8) is 0 Å². The van der Waals surface area contributed by atoms with Gasteiger partial charge in [-0.05, 0) is 38.5 Å². The highest BCUT2D eigenvalue weighted by molar-refractivity contribution is 7.14. The number of thiazole rings is 2. The van der Waals surface area contributed by atoms with E-state index in [2.05, 4.69) is 79.0 Å². The van der Waals surface area contributed by atoms with Gasteiger partial charge in [0, 0.05) is 49.1 Å². The predicted molar refractivity (Wildman–Crippen MR) is 153 cm³/mol. The largest absolute Gasteiger partial charge is 0.476 e. The molecule has 9 heteroatoms. The van der Waals surface area contributed by atoms with Gasteiger partial charge in [0.05, 0.1) is 29.9 Å². The fraction of sp³-hybridized carbons (Fsp3) is 0.630. The van der Waals surface area contributed by atoms with Gasteiger partial charge in [0.25, 0.3) is 0 Å². The highest BCUT2D eigenvalue weighted by Gasteiger charge is 2.17. The van der Waals surface area contributed by atoms with Crippen LogP contribution in [-0.4, -0.2) is 52.7 Å². The second-order valence-electron chi connectivity index (χ2n) is 9.75. The highest BCUT2D eigenvalue weighted by Crippen LogP contribution is 2.29. The molecule has 0 amide bonds. The third-order valence-electron chi connectivity index (χ3n) is 6.30. The van der Waals surface area contributed by atoms with Crippen LogP contribution in [0.4, 0.5) is 10.3 Å². The molecule has 7 nitrogen and oxygen atoms in total. The Bertz CT molecular complexity index is 1050. The first-order chi connectivity index (χ1) is 17.3. The van der Waals surface area contributed by atoms with Crippen LogP contribution in [0, 0.1) is 0 Å². The average Bonchev–Trinajstić information content (AvgIpc) is 3.55. The van der Waals surface area contributed by atoms with Crippen LogP contribution in [0.25, 0.3) is 0 Å². The molecule has 0 bridgehead atoms. The Morgan fingerprint density at radius 1 is 0.778 bits per heavy atom. The molecule has 0 aliphatic carbocycles. The zero-order chi connectivity index (χ0) is 26.1. The molecule has 1 atom stereocenters. The molecule has 198 valence electrons. The van der Waals surface area contributed by atoms with E-state index in [-0.39, 0.29) is 0 Å². The van der Waals surface area contributed by atoms with Crippen LogP contribution in [0.1, 0.15) is 96.1 Å². The number of hydrogen-bond donors (Lipinski definition) is 0. The topological polar surface area (TPSA) is 67.3 Å². The number of nitrogens with zero attached hydrogens (tertiary/aromatic N) is 6. The summed E-state index contributed by atoms with van der Waals surface area (Å²) < 4.78 is 5.86. The van der Waals surface area contributed by atoms with Crippen molar-refractivity contribution in [1.29, 1.82) is 0 Å². The zero-order valence-corrected chi connectivity index (χ0v) is 24.5. The lowest BCUT2D eigenvalue weighted by Crippen LogP contribution is -2.26. The summed E-state index contributed by atoms with van der Waals surface area (Å²) >= 11 is 3.50. The third-order valence-corrected chi connectivity index (χ3v) is 8.14. The molecule has 3 aromatic rings. The first kappa shape index (κ1) is 28.3. The fourth-order valence-electron chi connectivity index (χ4n) is 3.75. The lowest BCUT2D eigenvalue weighted by molar-refractivity contribution is 0.297. The molecule has 3 rings (SSSR count). The van der Waals surface area contributed by atoms with E-state index in [0.29, 0.717) is 30.2 Å². The van der Waals surface area contributed by atoms with Crippen LogP contribution in [0.15, 0.2) is 23.2 Å². The SMILES string of the molecule is CCN(CCC(C)c1csc(N(CC)CCCOc2cncc(C(C)C)n2)n1)c1nc(C(C)C)cs1. The van der Waals surface area contributed by atoms with Crippen LogP contribution in [0.2, 0.25) is 0 Å². The zero-order valence-electron chi connectivity index (χ0n) is 22.9. The van der Waals surface area contributed by atoms with Gasteiger partial charge in [-0.3, -0.25) is 4.98 Å². The molecule has 0 spiro atoms. The quantitative estimate of drug-likeness (QED) is 0.197. The van der Waals surface area contributed by atoms with Gasteiger partial charge >= 0.3 is 0 Å². The minimum atomic E-state index is 0.341. The van der Waals surface area contributed by atoms with E-state index in [1.165, 1.54) is 11.4 Å². The second-order valence-corrected chi connectivity index (χ2v) is 11.4. The maximum absolute atomic E-state index is 5.86. The Hall–Kier alpha value is -2.26. The van der Waals surface area contributed by atoms with E-state index in [0.717, 1.165) is 55.0 Å². The van der Waals surface area contributed by atoms with Crippen LogP contribution >= 0.6 is 22.7 Å². The van der Waals surface area contributed by atoms with Crippen molar-refractivity contribution in [3.8, 4) is 5.88 Å². The number of ether oxygens (including phenoxy) is 1. The maximum Gasteiger partial charge on any atom is 0.232 e. The molecule has 0 aromatic carbocycles. The maximum atomic E-state index is 5.86. The van der Waals surface area contributed by atoms with E-state index < -0.39 is 0 Å². The van der Waals surface area contributed by atoms with Crippen molar-refractivity contribution in [2.24, 2.45) is 0 Å². The Balaban J connectivity index is 1.48. The van der Waals surface area contributed by atoms with Crippen LogP contribution in [-0.2, 0) is 0 Å². The lowest BCUT2D eigenvalue weighted by atomic mass is 10.1. The predicted octanol–water partition coefficient (Wildman–Crippen LogP) is 6.95. The van der Waals surface area contributed by atoms with E-state index in [9.17, 15) is 0 Å². The fourth-order valence-corrected chi connectivity index (χ4v) is 5.87. The minimum absolute atomic E-state index is 0.341. The Kier molecular flexibility index (Phi) is 10.9. The van der Waals surface area contributed by atoms with Gasteiger partial charge in [-0.25, -0.2) is 15.0 Å². The summed E-state index contributed by atoms with van der Waals surface area (Å²) in [6, 6.07) is 0. The molecule has 0 fully saturated rings. The van der Waals surface area contributed by atoms with Crippen LogP contribution < -0.4 is 14.5 Å². The lowest BCUT2D eigenvalue weighted by Gasteiger charge is -2.22. The van der Waals surface area contributed by atoms with E-state index in [1.807, 2.05) is 0 Å². The van der Waals surface area contributed by atoms with Gasteiger partial charge in [0.15, 0.2) is 10.3 Å². The third kappa shape index (κ3) is 7.87. The Morgan fingerprint density at radius 3 is 2.00 bits per heavy atom. The molecule has 0 saturated carbocycles. The highest BCUT2D eigenvalue weighted by atomic mass is 32.1. The van der Waals surface area contributed by atoms with Crippen LogP contribution in [0.3, 0.4) is 0 Å². The molecule has 3 heterocycles. The molecule has 0 radical (unpaired) electrons. The molecule has 0 N–H and O–H groups in total. The van der Waals surface area contributed by atoms with Crippen molar-refractivity contribution in [2.45, 2.75) is 79.1 Å². The summed E-state index contributed by atoms with van der Waals surface area (Å²) in [5.74, 6) is 1.82. The molecular weight excluding hydrogens is 488 g/mol. The molecule has 0 saturated heterocycles. The standard InChI is InChI=1S/C27H42N6OS2/c1-8-32(12-10-14-34-25-16-28-15-22(29-25)19(3)4)27-31-24(18-36-27)21(7)11-13-33(9-2)26-30-23(17-35-26)20(5)6/h15-21H,8-14H2,1-7H3. The minimum Gasteiger partial charge on any atom is -0.476 e. The summed E-state index contributed by atoms with van der Waals surface area (Å²) in [4.78, 5) is 23.4. The number of aromatic nitrogens is 4. The molecule has 3 aromatic heterocycles. The van der Waals surface area contributed by atoms with E-state index in [1.54, 1.807) is 35.1 Å². The Morgan fingerprint density at radius 2 is 1.39 bits per heavy atom. The first-order valence-corrected chi connectivity index (χ1v) is 14.9. The summed E-state index contributed by atoms with van der Waals surface area (Å²) in [7, 11) is 0. The molecule has 1 unspecified atom stereocenters. The molecule has 0 aliphatic heterocycles. The first-order valence-electron chi connectivity index (χ1n) is 13.2. The summed E-state index contributed by atoms with van der Waals surface area (Å²) in [6.07, 6.45) is 5.46. The summed E-state index contributed by atoms with van der Waals surface area (Å²) in [5.41, 5.74) is 3.33. The van der Waals surface area contributed by atoms with Gasteiger partial charge in [0.1, 0.15) is 0 Å². The summed E-state index contributed by atoms with van der Waals surface area (Å²) in [5, 5.41) is 6.64. The van der Waals surface area contributed by atoms with E-state index >= 15 is 0 Å². The van der Waals surface area contributed by atoms with Crippen LogP contribution in [0.5, 0.6) is 5.88 Å². The van der Waals surface area contributed by atoms with Gasteiger partial charge in [-0.15, -0.1) is 22.7 Å². The van der Waals surface area contributed by atoms with Gasteiger partial charge in [-0.1, -0.05) is 34.6 Å². The van der Waals surface area contributed by atoms with Crippen molar-refractivity contribution in [2.75, 3.05) is 42.6 Å². The van der Waals surface area contributed by atoms with Gasteiger partial charge in [0.2, 0.25) is 5.88 Å². The molecule has 0 aliphatic rings. The summed E-state index contributed by atoms with van der Waals surface area (Å²) in [6.45, 7) is 19.7. The molecule has 36 heavy (non-hydrogen) atoms. The normalized spacial score (nSPS) is 12.4. The van der Waals surface area contributed by atoms with Crippen molar-refractivity contribution < 1.29 is 4.74 Å². The average molecular weight is 531 g/mol. The van der Waals surface area contributed by atoms with E-state index in [4.69, 9.17) is 14.7 Å². The second kappa shape index (κ2) is 13.9. The van der Waals surface area contributed by atoms with Crippen molar-refractivity contribution in [1.82, 2.24) is 19.9 Å². The van der Waals surface area contributed by atoms with Crippen molar-refractivity contribution >= 4 is 32.9 Å². The smallest absolute Gasteiger partial charge is 0.232 e. The number of rotatable bonds is 15.